The van der Waals surface area contributed by atoms with E-state index in [2.05, 4.69) is 23.2 Å². The summed E-state index contributed by atoms with van der Waals surface area (Å²) in [5.41, 5.74) is 2.13. The quantitative estimate of drug-likeness (QED) is 0.763. The third-order valence-electron chi connectivity index (χ3n) is 6.22. The largest absolute Gasteiger partial charge is 0.491 e. The molecule has 0 saturated carbocycles. The number of aryl methyl sites for hydroxylation is 1. The molecule has 2 amide bonds. The number of carbonyl (C=O) groups excluding carboxylic acids is 2. The molecule has 0 unspecified atom stereocenters. The lowest BCUT2D eigenvalue weighted by molar-refractivity contribution is -0.129. The van der Waals surface area contributed by atoms with Gasteiger partial charge < -0.3 is 19.9 Å². The highest BCUT2D eigenvalue weighted by atomic mass is 16.5. The molecule has 2 heterocycles. The maximum absolute atomic E-state index is 12.2. The number of benzene rings is 1. The van der Waals surface area contributed by atoms with E-state index in [0.717, 1.165) is 42.3 Å². The molecule has 160 valence electrons. The van der Waals surface area contributed by atoms with Crippen molar-refractivity contribution in [1.29, 1.82) is 0 Å². The lowest BCUT2D eigenvalue weighted by atomic mass is 9.93. The van der Waals surface area contributed by atoms with Crippen LogP contribution in [0.3, 0.4) is 0 Å². The number of likely N-dealkylation sites (tertiary alicyclic amines) is 1. The smallest absolute Gasteiger partial charge is 0.220 e. The fourth-order valence-corrected chi connectivity index (χ4v) is 4.23. The van der Waals surface area contributed by atoms with Crippen molar-refractivity contribution in [3.05, 3.63) is 29.3 Å². The van der Waals surface area contributed by atoms with Crippen molar-refractivity contribution in [1.82, 2.24) is 15.1 Å². The van der Waals surface area contributed by atoms with E-state index in [0.29, 0.717) is 32.5 Å². The first-order valence-corrected chi connectivity index (χ1v) is 11.0. The second-order valence-electron chi connectivity index (χ2n) is 8.25. The fraction of sp³-hybridized carbons (Fsp3) is 0.652. The maximum atomic E-state index is 12.2. The zero-order valence-corrected chi connectivity index (χ0v) is 17.9. The van der Waals surface area contributed by atoms with Crippen LogP contribution in [0, 0.1) is 5.92 Å². The third-order valence-corrected chi connectivity index (χ3v) is 6.22. The Kier molecular flexibility index (Phi) is 7.92. The predicted octanol–water partition coefficient (Wildman–Crippen LogP) is 2.60. The molecule has 0 spiro atoms. The van der Waals surface area contributed by atoms with Gasteiger partial charge in [0.2, 0.25) is 11.8 Å². The number of hydrogen-bond acceptors (Lipinski definition) is 4. The highest BCUT2D eigenvalue weighted by Gasteiger charge is 2.19. The Bertz CT molecular complexity index is 699. The minimum absolute atomic E-state index is 0.0617. The third kappa shape index (κ3) is 6.46. The molecule has 0 atom stereocenters. The summed E-state index contributed by atoms with van der Waals surface area (Å²) in [6.45, 7) is 9.82. The number of nitrogens with zero attached hydrogens (tertiary/aromatic N) is 2. The molecule has 0 radical (unpaired) electrons. The summed E-state index contributed by atoms with van der Waals surface area (Å²) >= 11 is 0. The highest BCUT2D eigenvalue weighted by molar-refractivity contribution is 5.76. The second kappa shape index (κ2) is 10.6. The number of hydrogen-bond donors (Lipinski definition) is 1. The Morgan fingerprint density at radius 2 is 2.00 bits per heavy atom. The number of carbonyl (C=O) groups is 2. The summed E-state index contributed by atoms with van der Waals surface area (Å²) in [6.07, 6.45) is 4.77. The summed E-state index contributed by atoms with van der Waals surface area (Å²) in [5, 5.41) is 3.09. The standard InChI is InChI=1S/C23H35N3O3/c1-3-25-12-9-19(10-13-25)8-11-24-23(28)7-5-20-4-6-22-21(16-20)17-26(18(2)27)14-15-29-22/h4,6,16,19H,3,5,7-15,17H2,1-2H3,(H,24,28). The molecular weight excluding hydrogens is 366 g/mol. The minimum Gasteiger partial charge on any atom is -0.491 e. The molecule has 0 aromatic heterocycles. The van der Waals surface area contributed by atoms with Crippen LogP contribution in [0.5, 0.6) is 5.75 Å². The van der Waals surface area contributed by atoms with Crippen LogP contribution in [0.4, 0.5) is 0 Å². The van der Waals surface area contributed by atoms with Gasteiger partial charge in [0.05, 0.1) is 6.54 Å². The molecule has 3 rings (SSSR count). The summed E-state index contributed by atoms with van der Waals surface area (Å²) in [7, 11) is 0. The van der Waals surface area contributed by atoms with E-state index < -0.39 is 0 Å². The Balaban J connectivity index is 1.41. The van der Waals surface area contributed by atoms with Crippen molar-refractivity contribution < 1.29 is 14.3 Å². The van der Waals surface area contributed by atoms with Crippen LogP contribution < -0.4 is 10.1 Å². The molecule has 2 aliphatic heterocycles. The maximum Gasteiger partial charge on any atom is 0.220 e. The molecular formula is C23H35N3O3. The molecule has 1 aromatic carbocycles. The van der Waals surface area contributed by atoms with Crippen LogP contribution in [0.2, 0.25) is 0 Å². The van der Waals surface area contributed by atoms with Gasteiger partial charge in [-0.05, 0) is 62.9 Å². The number of amides is 2. The molecule has 1 saturated heterocycles. The summed E-state index contributed by atoms with van der Waals surface area (Å²) in [5.74, 6) is 1.77. The Labute approximate surface area is 174 Å². The van der Waals surface area contributed by atoms with Crippen molar-refractivity contribution in [2.24, 2.45) is 5.92 Å². The lowest BCUT2D eigenvalue weighted by Gasteiger charge is -2.31. The summed E-state index contributed by atoms with van der Waals surface area (Å²) < 4.78 is 5.76. The van der Waals surface area contributed by atoms with E-state index in [9.17, 15) is 9.59 Å². The van der Waals surface area contributed by atoms with Gasteiger partial charge in [-0.25, -0.2) is 0 Å². The van der Waals surface area contributed by atoms with Gasteiger partial charge >= 0.3 is 0 Å². The highest BCUT2D eigenvalue weighted by Crippen LogP contribution is 2.25. The Morgan fingerprint density at radius 3 is 2.72 bits per heavy atom. The molecule has 2 aliphatic rings. The van der Waals surface area contributed by atoms with E-state index in [1.165, 1.54) is 25.9 Å². The van der Waals surface area contributed by atoms with Gasteiger partial charge in [-0.1, -0.05) is 19.1 Å². The van der Waals surface area contributed by atoms with E-state index in [-0.39, 0.29) is 11.8 Å². The van der Waals surface area contributed by atoms with Crippen molar-refractivity contribution in [3.8, 4) is 5.75 Å². The van der Waals surface area contributed by atoms with E-state index in [1.807, 2.05) is 12.1 Å². The number of rotatable bonds is 7. The topological polar surface area (TPSA) is 61.9 Å². The van der Waals surface area contributed by atoms with E-state index in [1.54, 1.807) is 11.8 Å². The Hall–Kier alpha value is -2.08. The van der Waals surface area contributed by atoms with Crippen molar-refractivity contribution in [2.45, 2.75) is 52.5 Å². The van der Waals surface area contributed by atoms with Gasteiger partial charge in [-0.3, -0.25) is 9.59 Å². The van der Waals surface area contributed by atoms with Crippen molar-refractivity contribution in [2.75, 3.05) is 39.3 Å². The van der Waals surface area contributed by atoms with Gasteiger partial charge in [0, 0.05) is 32.0 Å². The van der Waals surface area contributed by atoms with Crippen LogP contribution in [0.15, 0.2) is 18.2 Å². The van der Waals surface area contributed by atoms with Crippen LogP contribution >= 0.6 is 0 Å². The summed E-state index contributed by atoms with van der Waals surface area (Å²) in [4.78, 5) is 28.3. The Morgan fingerprint density at radius 1 is 1.21 bits per heavy atom. The van der Waals surface area contributed by atoms with Gasteiger partial charge in [0.15, 0.2) is 0 Å². The van der Waals surface area contributed by atoms with Crippen LogP contribution in [-0.4, -0.2) is 60.9 Å². The zero-order chi connectivity index (χ0) is 20.6. The molecule has 6 heteroatoms. The fourth-order valence-electron chi connectivity index (χ4n) is 4.23. The molecule has 29 heavy (non-hydrogen) atoms. The van der Waals surface area contributed by atoms with Crippen molar-refractivity contribution >= 4 is 11.8 Å². The van der Waals surface area contributed by atoms with E-state index >= 15 is 0 Å². The zero-order valence-electron chi connectivity index (χ0n) is 17.9. The van der Waals surface area contributed by atoms with Gasteiger partial charge in [-0.2, -0.15) is 0 Å². The average Bonchev–Trinajstić information content (AvgIpc) is 2.95. The summed E-state index contributed by atoms with van der Waals surface area (Å²) in [6, 6.07) is 6.07. The van der Waals surface area contributed by atoms with Gasteiger partial charge in [0.1, 0.15) is 12.4 Å². The lowest BCUT2D eigenvalue weighted by Crippen LogP contribution is -2.35. The SMILES string of the molecule is CCN1CCC(CCNC(=O)CCc2ccc3c(c2)CN(C(C)=O)CCO3)CC1. The first-order valence-electron chi connectivity index (χ1n) is 11.0. The van der Waals surface area contributed by atoms with Gasteiger partial charge in [-0.15, -0.1) is 0 Å². The molecule has 0 bridgehead atoms. The average molecular weight is 402 g/mol. The second-order valence-corrected chi connectivity index (χ2v) is 8.25. The van der Waals surface area contributed by atoms with Crippen LogP contribution in [0.1, 0.15) is 50.7 Å². The van der Waals surface area contributed by atoms with E-state index in [4.69, 9.17) is 4.74 Å². The number of nitrogens with one attached hydrogen (secondary N) is 1. The van der Waals surface area contributed by atoms with Gasteiger partial charge in [0.25, 0.3) is 0 Å². The first kappa shape index (κ1) is 21.6. The minimum atomic E-state index is 0.0617. The monoisotopic (exact) mass is 401 g/mol. The number of piperidine rings is 1. The number of fused-ring (bicyclic) bond motifs is 1. The number of ether oxygens (including phenoxy) is 1. The normalized spacial score (nSPS) is 17.9. The molecule has 0 aliphatic carbocycles. The first-order chi connectivity index (χ1) is 14.0. The molecule has 1 fully saturated rings. The van der Waals surface area contributed by atoms with Crippen molar-refractivity contribution in [3.63, 3.8) is 0 Å². The molecule has 6 nitrogen and oxygen atoms in total. The van der Waals surface area contributed by atoms with Crippen LogP contribution in [-0.2, 0) is 22.6 Å². The predicted molar refractivity (Wildman–Crippen MR) is 114 cm³/mol. The van der Waals surface area contributed by atoms with Crippen LogP contribution in [0.25, 0.3) is 0 Å². The molecule has 1 N–H and O–H groups in total. The molecule has 1 aromatic rings.